The maximum Gasteiger partial charge on any atom is 0.137 e. The first-order chi connectivity index (χ1) is 8.33. The molecule has 0 radical (unpaired) electrons. The third-order valence-corrected chi connectivity index (χ3v) is 2.69. The number of nitriles is 2. The van der Waals surface area contributed by atoms with Crippen LogP contribution in [-0.4, -0.2) is 9.38 Å². The molecule has 3 rings (SSSR count). The summed E-state index contributed by atoms with van der Waals surface area (Å²) in [5.74, 6) is 0. The van der Waals surface area contributed by atoms with Gasteiger partial charge in [-0.1, -0.05) is 6.07 Å². The van der Waals surface area contributed by atoms with Crippen LogP contribution in [0.15, 0.2) is 36.5 Å². The van der Waals surface area contributed by atoms with Crippen LogP contribution in [0.2, 0.25) is 0 Å². The molecular formula is C13H6N4. The lowest BCUT2D eigenvalue weighted by atomic mass is 10.1. The molecule has 0 aliphatic heterocycles. The number of benzene rings is 1. The number of aromatic nitrogens is 2. The van der Waals surface area contributed by atoms with Crippen molar-refractivity contribution in [3.8, 4) is 12.1 Å². The predicted octanol–water partition coefficient (Wildman–Crippen LogP) is 2.23. The summed E-state index contributed by atoms with van der Waals surface area (Å²) in [4.78, 5) is 4.40. The highest BCUT2D eigenvalue weighted by atomic mass is 15.0. The number of pyridine rings is 1. The molecule has 4 nitrogen and oxygen atoms in total. The van der Waals surface area contributed by atoms with Crippen molar-refractivity contribution in [2.75, 3.05) is 0 Å². The van der Waals surface area contributed by atoms with Crippen molar-refractivity contribution in [2.45, 2.75) is 0 Å². The van der Waals surface area contributed by atoms with Gasteiger partial charge in [0.15, 0.2) is 0 Å². The largest absolute Gasteiger partial charge is 0.300 e. The van der Waals surface area contributed by atoms with E-state index in [9.17, 15) is 0 Å². The molecule has 0 N–H and O–H groups in total. The van der Waals surface area contributed by atoms with Crippen molar-refractivity contribution in [1.29, 1.82) is 10.5 Å². The van der Waals surface area contributed by atoms with Gasteiger partial charge >= 0.3 is 0 Å². The highest BCUT2D eigenvalue weighted by molar-refractivity contribution is 5.83. The van der Waals surface area contributed by atoms with Gasteiger partial charge < -0.3 is 0 Å². The summed E-state index contributed by atoms with van der Waals surface area (Å²) in [7, 11) is 0. The van der Waals surface area contributed by atoms with Gasteiger partial charge in [-0.3, -0.25) is 4.40 Å². The molecule has 2 aromatic heterocycles. The number of hydrogen-bond acceptors (Lipinski definition) is 3. The van der Waals surface area contributed by atoms with Gasteiger partial charge in [-0.15, -0.1) is 0 Å². The van der Waals surface area contributed by atoms with E-state index in [1.165, 1.54) is 0 Å². The van der Waals surface area contributed by atoms with E-state index in [1.54, 1.807) is 12.1 Å². The molecule has 3 aromatic rings. The fraction of sp³-hybridized carbons (Fsp3) is 0. The zero-order chi connectivity index (χ0) is 11.8. The molecule has 0 spiro atoms. The summed E-state index contributed by atoms with van der Waals surface area (Å²) >= 11 is 0. The van der Waals surface area contributed by atoms with Gasteiger partial charge in [-0.05, 0) is 24.3 Å². The second kappa shape index (κ2) is 3.33. The van der Waals surface area contributed by atoms with Crippen LogP contribution in [0.4, 0.5) is 0 Å². The minimum absolute atomic E-state index is 0.364. The normalized spacial score (nSPS) is 10.2. The third kappa shape index (κ3) is 1.25. The van der Waals surface area contributed by atoms with Crippen LogP contribution in [-0.2, 0) is 0 Å². The maximum absolute atomic E-state index is 8.99. The summed E-state index contributed by atoms with van der Waals surface area (Å²) in [5.41, 5.74) is 3.12. The lowest BCUT2D eigenvalue weighted by molar-refractivity contribution is 1.23. The Hall–Kier alpha value is -2.85. The molecule has 0 aliphatic carbocycles. The zero-order valence-corrected chi connectivity index (χ0v) is 8.75. The van der Waals surface area contributed by atoms with Gasteiger partial charge in [0.2, 0.25) is 0 Å². The molecule has 78 valence electrons. The minimum atomic E-state index is 0.364. The Kier molecular flexibility index (Phi) is 1.84. The predicted molar refractivity (Wildman–Crippen MR) is 62.1 cm³/mol. The SMILES string of the molecule is N#Cc1cc2nc3ccccn3c2cc1C#N. The Labute approximate surface area is 97.0 Å². The number of imidazole rings is 1. The molecule has 2 heterocycles. The number of hydrogen-bond donors (Lipinski definition) is 0. The molecule has 4 heteroatoms. The number of nitrogens with zero attached hydrogens (tertiary/aromatic N) is 4. The number of fused-ring (bicyclic) bond motifs is 3. The fourth-order valence-corrected chi connectivity index (χ4v) is 1.90. The first-order valence-corrected chi connectivity index (χ1v) is 5.04. The standard InChI is InChI=1S/C13H6N4/c14-7-9-5-11-12(6-10(9)8-15)17-4-2-1-3-13(17)16-11/h1-6H. The molecule has 0 bridgehead atoms. The average Bonchev–Trinajstić information content (AvgIpc) is 2.74. The zero-order valence-electron chi connectivity index (χ0n) is 8.75. The Morgan fingerprint density at radius 3 is 2.59 bits per heavy atom. The van der Waals surface area contributed by atoms with E-state index in [0.717, 1.165) is 16.7 Å². The Balaban J connectivity index is 2.52. The van der Waals surface area contributed by atoms with Crippen LogP contribution < -0.4 is 0 Å². The van der Waals surface area contributed by atoms with Crippen molar-refractivity contribution in [1.82, 2.24) is 9.38 Å². The first-order valence-electron chi connectivity index (χ1n) is 5.04. The first kappa shape index (κ1) is 9.38. The van der Waals surface area contributed by atoms with Crippen LogP contribution >= 0.6 is 0 Å². The average molecular weight is 218 g/mol. The maximum atomic E-state index is 8.99. The van der Waals surface area contributed by atoms with Gasteiger partial charge in [0.05, 0.1) is 22.2 Å². The second-order valence-electron chi connectivity index (χ2n) is 3.65. The highest BCUT2D eigenvalue weighted by Crippen LogP contribution is 2.20. The molecule has 1 aromatic carbocycles. The van der Waals surface area contributed by atoms with Crippen molar-refractivity contribution < 1.29 is 0 Å². The molecule has 0 aliphatic rings. The van der Waals surface area contributed by atoms with E-state index in [1.807, 2.05) is 40.9 Å². The van der Waals surface area contributed by atoms with E-state index in [2.05, 4.69) is 4.98 Å². The summed E-state index contributed by atoms with van der Waals surface area (Å²) < 4.78 is 1.90. The minimum Gasteiger partial charge on any atom is -0.300 e. The lowest BCUT2D eigenvalue weighted by Crippen LogP contribution is -1.86. The van der Waals surface area contributed by atoms with Gasteiger partial charge in [0, 0.05) is 6.20 Å². The van der Waals surface area contributed by atoms with Crippen LogP contribution in [0, 0.1) is 22.7 Å². The molecule has 0 saturated heterocycles. The van der Waals surface area contributed by atoms with E-state index in [0.29, 0.717) is 11.1 Å². The molecule has 0 amide bonds. The van der Waals surface area contributed by atoms with Crippen molar-refractivity contribution in [3.05, 3.63) is 47.7 Å². The van der Waals surface area contributed by atoms with Gasteiger partial charge in [-0.25, -0.2) is 4.98 Å². The van der Waals surface area contributed by atoms with E-state index >= 15 is 0 Å². The summed E-state index contributed by atoms with van der Waals surface area (Å²) in [6.07, 6.45) is 1.89. The second-order valence-corrected chi connectivity index (χ2v) is 3.65. The smallest absolute Gasteiger partial charge is 0.137 e. The highest BCUT2D eigenvalue weighted by Gasteiger charge is 2.09. The number of rotatable bonds is 0. The van der Waals surface area contributed by atoms with Crippen molar-refractivity contribution in [3.63, 3.8) is 0 Å². The molecule has 0 atom stereocenters. The fourth-order valence-electron chi connectivity index (χ4n) is 1.90. The molecule has 0 unspecified atom stereocenters. The van der Waals surface area contributed by atoms with Gasteiger partial charge in [0.1, 0.15) is 17.8 Å². The molecule has 17 heavy (non-hydrogen) atoms. The molecule has 0 saturated carbocycles. The van der Waals surface area contributed by atoms with E-state index < -0.39 is 0 Å². The van der Waals surface area contributed by atoms with Crippen LogP contribution in [0.5, 0.6) is 0 Å². The van der Waals surface area contributed by atoms with Gasteiger partial charge in [-0.2, -0.15) is 10.5 Å². The Bertz CT molecular complexity index is 815. The quantitative estimate of drug-likeness (QED) is 0.581. The lowest BCUT2D eigenvalue weighted by Gasteiger charge is -1.96. The van der Waals surface area contributed by atoms with E-state index in [-0.39, 0.29) is 0 Å². The van der Waals surface area contributed by atoms with Crippen LogP contribution in [0.3, 0.4) is 0 Å². The topological polar surface area (TPSA) is 64.9 Å². The van der Waals surface area contributed by atoms with Crippen molar-refractivity contribution in [2.24, 2.45) is 0 Å². The van der Waals surface area contributed by atoms with E-state index in [4.69, 9.17) is 10.5 Å². The monoisotopic (exact) mass is 218 g/mol. The molecule has 0 fully saturated rings. The third-order valence-electron chi connectivity index (χ3n) is 2.69. The van der Waals surface area contributed by atoms with Crippen molar-refractivity contribution >= 4 is 16.7 Å². The summed E-state index contributed by atoms with van der Waals surface area (Å²) in [6.45, 7) is 0. The Morgan fingerprint density at radius 1 is 1.06 bits per heavy atom. The van der Waals surface area contributed by atoms with Crippen LogP contribution in [0.1, 0.15) is 11.1 Å². The Morgan fingerprint density at radius 2 is 1.82 bits per heavy atom. The summed E-state index contributed by atoms with van der Waals surface area (Å²) in [5, 5.41) is 17.9. The summed E-state index contributed by atoms with van der Waals surface area (Å²) in [6, 6.07) is 13.1. The van der Waals surface area contributed by atoms with Crippen LogP contribution in [0.25, 0.3) is 16.7 Å². The molecular weight excluding hydrogens is 212 g/mol. The van der Waals surface area contributed by atoms with Gasteiger partial charge in [0.25, 0.3) is 0 Å².